The summed E-state index contributed by atoms with van der Waals surface area (Å²) in [7, 11) is -3.76. The molecular formula is C25H27NO6S. The van der Waals surface area contributed by atoms with Crippen molar-refractivity contribution in [2.75, 3.05) is 39.6 Å². The number of benzene rings is 3. The first-order valence-corrected chi connectivity index (χ1v) is 12.2. The van der Waals surface area contributed by atoms with Gasteiger partial charge in [0, 0.05) is 22.4 Å². The SMILES string of the molecule is Cc1ccc(S(=O)(=O)OCCOCCOCCOc2ccc3c(c2)[nH]c2ccccc23)cc1. The van der Waals surface area contributed by atoms with E-state index in [2.05, 4.69) is 23.2 Å². The second-order valence-corrected chi connectivity index (χ2v) is 9.16. The van der Waals surface area contributed by atoms with Crippen molar-refractivity contribution >= 4 is 31.9 Å². The Kier molecular flexibility index (Phi) is 7.61. The number of hydrogen-bond donors (Lipinski definition) is 1. The third-order valence-electron chi connectivity index (χ3n) is 5.12. The lowest BCUT2D eigenvalue weighted by Gasteiger charge is -2.09. The molecule has 0 saturated carbocycles. The average molecular weight is 470 g/mol. The van der Waals surface area contributed by atoms with E-state index in [4.69, 9.17) is 18.4 Å². The first kappa shape index (κ1) is 23.3. The van der Waals surface area contributed by atoms with Gasteiger partial charge < -0.3 is 19.2 Å². The standard InChI is InChI=1S/C25H27NO6S/c1-19-6-9-21(10-7-19)33(27,28)32-17-15-30-13-12-29-14-16-31-20-8-11-23-22-4-2-3-5-24(22)26-25(23)18-20/h2-11,18,26H,12-17H2,1H3. The molecule has 0 aliphatic rings. The van der Waals surface area contributed by atoms with Gasteiger partial charge >= 0.3 is 0 Å². The molecule has 1 N–H and O–H groups in total. The molecule has 0 radical (unpaired) electrons. The van der Waals surface area contributed by atoms with Crippen LogP contribution in [0.5, 0.6) is 5.75 Å². The molecule has 174 valence electrons. The molecule has 0 spiro atoms. The van der Waals surface area contributed by atoms with E-state index in [0.29, 0.717) is 26.4 Å². The third-order valence-corrected chi connectivity index (χ3v) is 6.45. The summed E-state index contributed by atoms with van der Waals surface area (Å²) in [5.41, 5.74) is 3.12. The van der Waals surface area contributed by atoms with Gasteiger partial charge in [-0.2, -0.15) is 8.42 Å². The van der Waals surface area contributed by atoms with Crippen molar-refractivity contribution in [2.45, 2.75) is 11.8 Å². The van der Waals surface area contributed by atoms with Crippen LogP contribution in [0, 0.1) is 6.92 Å². The average Bonchev–Trinajstić information content (AvgIpc) is 3.18. The molecule has 1 heterocycles. The summed E-state index contributed by atoms with van der Waals surface area (Å²) in [5.74, 6) is 0.779. The minimum Gasteiger partial charge on any atom is -0.491 e. The molecule has 3 aromatic carbocycles. The van der Waals surface area contributed by atoms with Crippen LogP contribution in [0.2, 0.25) is 0 Å². The summed E-state index contributed by atoms with van der Waals surface area (Å²) in [6.07, 6.45) is 0. The maximum Gasteiger partial charge on any atom is 0.297 e. The molecule has 0 aliphatic heterocycles. The Bertz CT molecular complexity index is 1300. The minimum absolute atomic E-state index is 0.0461. The van der Waals surface area contributed by atoms with Crippen molar-refractivity contribution < 1.29 is 26.8 Å². The fourth-order valence-corrected chi connectivity index (χ4v) is 4.33. The number of nitrogens with one attached hydrogen (secondary N) is 1. The minimum atomic E-state index is -3.76. The molecule has 8 heteroatoms. The molecule has 0 bridgehead atoms. The van der Waals surface area contributed by atoms with E-state index < -0.39 is 10.1 Å². The van der Waals surface area contributed by atoms with E-state index in [1.165, 1.54) is 22.9 Å². The largest absolute Gasteiger partial charge is 0.491 e. The Hall–Kier alpha value is -2.91. The van der Waals surface area contributed by atoms with E-state index >= 15 is 0 Å². The zero-order valence-corrected chi connectivity index (χ0v) is 19.3. The van der Waals surface area contributed by atoms with E-state index in [1.807, 2.05) is 31.2 Å². The third kappa shape index (κ3) is 6.11. The van der Waals surface area contributed by atoms with Crippen molar-refractivity contribution in [2.24, 2.45) is 0 Å². The number of aromatic nitrogens is 1. The van der Waals surface area contributed by atoms with Crippen LogP contribution in [0.1, 0.15) is 5.56 Å². The van der Waals surface area contributed by atoms with E-state index in [0.717, 1.165) is 22.3 Å². The highest BCUT2D eigenvalue weighted by atomic mass is 32.2. The van der Waals surface area contributed by atoms with Gasteiger partial charge in [-0.25, -0.2) is 0 Å². The maximum absolute atomic E-state index is 12.1. The van der Waals surface area contributed by atoms with E-state index in [-0.39, 0.29) is 18.1 Å². The number of para-hydroxylation sites is 1. The molecule has 0 unspecified atom stereocenters. The van der Waals surface area contributed by atoms with Crippen LogP contribution in [0.15, 0.2) is 71.6 Å². The highest BCUT2D eigenvalue weighted by Gasteiger charge is 2.14. The maximum atomic E-state index is 12.1. The Labute approximate surface area is 193 Å². The molecule has 7 nitrogen and oxygen atoms in total. The highest BCUT2D eigenvalue weighted by molar-refractivity contribution is 7.86. The predicted molar refractivity (Wildman–Crippen MR) is 127 cm³/mol. The summed E-state index contributed by atoms with van der Waals surface area (Å²) < 4.78 is 45.8. The van der Waals surface area contributed by atoms with Crippen molar-refractivity contribution in [1.29, 1.82) is 0 Å². The summed E-state index contributed by atoms with van der Waals surface area (Å²) >= 11 is 0. The van der Waals surface area contributed by atoms with E-state index in [9.17, 15) is 8.42 Å². The molecular weight excluding hydrogens is 442 g/mol. The molecule has 33 heavy (non-hydrogen) atoms. The Morgan fingerprint density at radius 1 is 0.727 bits per heavy atom. The molecule has 0 saturated heterocycles. The van der Waals surface area contributed by atoms with Gasteiger partial charge in [-0.15, -0.1) is 0 Å². The van der Waals surface area contributed by atoms with Crippen LogP contribution >= 0.6 is 0 Å². The topological polar surface area (TPSA) is 86.9 Å². The molecule has 0 fully saturated rings. The molecule has 0 amide bonds. The second kappa shape index (κ2) is 10.8. The van der Waals surface area contributed by atoms with Crippen molar-refractivity contribution in [1.82, 2.24) is 4.98 Å². The summed E-state index contributed by atoms with van der Waals surface area (Å²) in [5, 5.41) is 2.36. The van der Waals surface area contributed by atoms with Crippen LogP contribution in [0.4, 0.5) is 0 Å². The van der Waals surface area contributed by atoms with Gasteiger partial charge in [0.1, 0.15) is 12.4 Å². The Morgan fingerprint density at radius 2 is 1.39 bits per heavy atom. The van der Waals surface area contributed by atoms with Gasteiger partial charge in [-0.05, 0) is 37.3 Å². The number of hydrogen-bond acceptors (Lipinski definition) is 6. The molecule has 4 rings (SSSR count). The smallest absolute Gasteiger partial charge is 0.297 e. The number of aromatic amines is 1. The lowest BCUT2D eigenvalue weighted by molar-refractivity contribution is 0.0279. The number of fused-ring (bicyclic) bond motifs is 3. The summed E-state index contributed by atoms with van der Waals surface area (Å²) in [6, 6.07) is 20.7. The second-order valence-electron chi connectivity index (χ2n) is 7.54. The van der Waals surface area contributed by atoms with Gasteiger partial charge in [0.2, 0.25) is 0 Å². The first-order chi connectivity index (χ1) is 16.0. The number of aryl methyl sites for hydroxylation is 1. The van der Waals surface area contributed by atoms with Crippen LogP contribution in [0.3, 0.4) is 0 Å². The van der Waals surface area contributed by atoms with Crippen LogP contribution in [-0.2, 0) is 23.8 Å². The van der Waals surface area contributed by atoms with Crippen LogP contribution in [-0.4, -0.2) is 53.0 Å². The zero-order valence-electron chi connectivity index (χ0n) is 18.5. The van der Waals surface area contributed by atoms with Crippen LogP contribution < -0.4 is 4.74 Å². The Morgan fingerprint density at radius 3 is 2.18 bits per heavy atom. The van der Waals surface area contributed by atoms with Gasteiger partial charge in [0.25, 0.3) is 10.1 Å². The quantitative estimate of drug-likeness (QED) is 0.244. The lowest BCUT2D eigenvalue weighted by atomic mass is 10.1. The zero-order chi connectivity index (χ0) is 23.1. The predicted octanol–water partition coefficient (Wildman–Crippen LogP) is 4.45. The fourth-order valence-electron chi connectivity index (χ4n) is 3.44. The Balaban J connectivity index is 1.09. The van der Waals surface area contributed by atoms with Crippen molar-refractivity contribution in [3.63, 3.8) is 0 Å². The molecule has 4 aromatic rings. The summed E-state index contributed by atoms with van der Waals surface area (Å²) in [6.45, 7) is 3.58. The van der Waals surface area contributed by atoms with Crippen molar-refractivity contribution in [3.05, 3.63) is 72.3 Å². The van der Waals surface area contributed by atoms with Gasteiger partial charge in [0.05, 0.1) is 43.4 Å². The molecule has 0 aliphatic carbocycles. The van der Waals surface area contributed by atoms with Gasteiger partial charge in [-0.1, -0.05) is 35.9 Å². The fraction of sp³-hybridized carbons (Fsp3) is 0.280. The van der Waals surface area contributed by atoms with Crippen LogP contribution in [0.25, 0.3) is 21.8 Å². The number of ether oxygens (including phenoxy) is 3. The lowest BCUT2D eigenvalue weighted by Crippen LogP contribution is -2.14. The van der Waals surface area contributed by atoms with Crippen molar-refractivity contribution in [3.8, 4) is 5.75 Å². The number of rotatable bonds is 12. The molecule has 0 atom stereocenters. The number of H-pyrrole nitrogens is 1. The summed E-state index contributed by atoms with van der Waals surface area (Å²) in [4.78, 5) is 3.54. The van der Waals surface area contributed by atoms with E-state index in [1.54, 1.807) is 12.1 Å². The normalized spacial score (nSPS) is 11.9. The highest BCUT2D eigenvalue weighted by Crippen LogP contribution is 2.28. The van der Waals surface area contributed by atoms with Gasteiger partial charge in [-0.3, -0.25) is 4.18 Å². The van der Waals surface area contributed by atoms with Gasteiger partial charge in [0.15, 0.2) is 0 Å². The molecule has 1 aromatic heterocycles. The monoisotopic (exact) mass is 469 g/mol. The first-order valence-electron chi connectivity index (χ1n) is 10.8.